The van der Waals surface area contributed by atoms with Gasteiger partial charge in [0.05, 0.1) is 38.3 Å². The van der Waals surface area contributed by atoms with Crippen molar-refractivity contribution in [3.8, 4) is 0 Å². The van der Waals surface area contributed by atoms with Gasteiger partial charge >= 0.3 is 0 Å². The Morgan fingerprint density at radius 1 is 1.25 bits per heavy atom. The van der Waals surface area contributed by atoms with Crippen LogP contribution in [-0.4, -0.2) is 37.4 Å². The molecule has 0 aliphatic carbocycles. The molecule has 2 aromatic heterocycles. The molecule has 0 radical (unpaired) electrons. The van der Waals surface area contributed by atoms with Crippen molar-refractivity contribution in [2.75, 3.05) is 6.61 Å². The molecule has 7 nitrogen and oxygen atoms in total. The van der Waals surface area contributed by atoms with Gasteiger partial charge in [-0.25, -0.2) is 4.68 Å². The molecule has 1 unspecified atom stereocenters. The van der Waals surface area contributed by atoms with E-state index in [1.54, 1.807) is 31.6 Å². The van der Waals surface area contributed by atoms with E-state index < -0.39 is 6.10 Å². The van der Waals surface area contributed by atoms with Crippen LogP contribution in [0.3, 0.4) is 0 Å². The fourth-order valence-corrected chi connectivity index (χ4v) is 2.49. The molecule has 0 amide bonds. The number of benzene rings is 1. The van der Waals surface area contributed by atoms with Crippen molar-refractivity contribution < 1.29 is 9.84 Å². The van der Waals surface area contributed by atoms with Crippen LogP contribution in [0.1, 0.15) is 5.56 Å². The van der Waals surface area contributed by atoms with Crippen LogP contribution in [0.15, 0.2) is 41.5 Å². The minimum Gasteiger partial charge on any atom is -0.389 e. The summed E-state index contributed by atoms with van der Waals surface area (Å²) in [5, 5.41) is 19.5. The second-order valence-corrected chi connectivity index (χ2v) is 5.94. The van der Waals surface area contributed by atoms with Gasteiger partial charge in [0, 0.05) is 17.5 Å². The maximum Gasteiger partial charge on any atom is 0.292 e. The van der Waals surface area contributed by atoms with Gasteiger partial charge in [0.2, 0.25) is 0 Å². The largest absolute Gasteiger partial charge is 0.389 e. The summed E-state index contributed by atoms with van der Waals surface area (Å²) in [6.07, 6.45) is 2.35. The first kappa shape index (κ1) is 16.6. The van der Waals surface area contributed by atoms with Crippen LogP contribution in [0.2, 0.25) is 5.02 Å². The molecule has 24 heavy (non-hydrogen) atoms. The van der Waals surface area contributed by atoms with Crippen molar-refractivity contribution in [3.63, 3.8) is 0 Å². The lowest BCUT2D eigenvalue weighted by Crippen LogP contribution is -2.26. The number of aliphatic hydroxyl groups excluding tert-OH is 1. The molecule has 0 fully saturated rings. The third-order valence-electron chi connectivity index (χ3n) is 3.61. The monoisotopic (exact) mass is 348 g/mol. The highest BCUT2D eigenvalue weighted by molar-refractivity contribution is 6.30. The molecule has 126 valence electrons. The Hall–Kier alpha value is -2.22. The lowest BCUT2D eigenvalue weighted by Gasteiger charge is -2.12. The predicted octanol–water partition coefficient (Wildman–Crippen LogP) is 1.36. The van der Waals surface area contributed by atoms with Gasteiger partial charge in [0.25, 0.3) is 5.56 Å². The lowest BCUT2D eigenvalue weighted by atomic mass is 10.2. The van der Waals surface area contributed by atoms with E-state index in [-0.39, 0.29) is 18.7 Å². The van der Waals surface area contributed by atoms with Gasteiger partial charge in [-0.15, -0.1) is 0 Å². The quantitative estimate of drug-likeness (QED) is 0.727. The summed E-state index contributed by atoms with van der Waals surface area (Å²) in [6, 6.07) is 7.31. The van der Waals surface area contributed by atoms with E-state index in [1.807, 2.05) is 12.1 Å². The van der Waals surface area contributed by atoms with E-state index in [4.69, 9.17) is 16.3 Å². The molecule has 0 bridgehead atoms. The fraction of sp³-hybridized carbons (Fsp3) is 0.312. The van der Waals surface area contributed by atoms with Crippen LogP contribution >= 0.6 is 11.6 Å². The van der Waals surface area contributed by atoms with Crippen LogP contribution in [0.5, 0.6) is 0 Å². The average molecular weight is 349 g/mol. The van der Waals surface area contributed by atoms with Gasteiger partial charge < -0.3 is 9.84 Å². The maximum absolute atomic E-state index is 12.1. The predicted molar refractivity (Wildman–Crippen MR) is 89.9 cm³/mol. The Morgan fingerprint density at radius 3 is 2.71 bits per heavy atom. The number of hydrogen-bond acceptors (Lipinski definition) is 5. The Kier molecular flexibility index (Phi) is 4.94. The molecular formula is C16H17ClN4O3. The highest BCUT2D eigenvalue weighted by atomic mass is 35.5. The first-order chi connectivity index (χ1) is 11.5. The summed E-state index contributed by atoms with van der Waals surface area (Å²) in [4.78, 5) is 12.1. The number of ether oxygens (including phenoxy) is 1. The van der Waals surface area contributed by atoms with Gasteiger partial charge in [0.1, 0.15) is 5.52 Å². The number of aliphatic hydroxyl groups is 1. The van der Waals surface area contributed by atoms with Gasteiger partial charge in [-0.05, 0) is 17.7 Å². The second-order valence-electron chi connectivity index (χ2n) is 5.50. The summed E-state index contributed by atoms with van der Waals surface area (Å²) in [6.45, 7) is 0.679. The first-order valence-corrected chi connectivity index (χ1v) is 7.80. The van der Waals surface area contributed by atoms with E-state index in [0.717, 1.165) is 5.56 Å². The van der Waals surface area contributed by atoms with Crippen LogP contribution in [0.4, 0.5) is 0 Å². The first-order valence-electron chi connectivity index (χ1n) is 7.42. The van der Waals surface area contributed by atoms with Crippen molar-refractivity contribution in [2.24, 2.45) is 7.05 Å². The van der Waals surface area contributed by atoms with Gasteiger partial charge in [-0.1, -0.05) is 23.7 Å². The molecule has 0 aliphatic rings. The number of aryl methyl sites for hydroxylation is 1. The van der Waals surface area contributed by atoms with E-state index in [1.165, 1.54) is 9.36 Å². The fourth-order valence-electron chi connectivity index (χ4n) is 2.37. The highest BCUT2D eigenvalue weighted by Crippen LogP contribution is 2.11. The van der Waals surface area contributed by atoms with E-state index in [0.29, 0.717) is 22.5 Å². The third-order valence-corrected chi connectivity index (χ3v) is 3.86. The molecule has 0 saturated carbocycles. The molecule has 0 spiro atoms. The molecule has 0 saturated heterocycles. The zero-order chi connectivity index (χ0) is 17.1. The van der Waals surface area contributed by atoms with Gasteiger partial charge in [0.15, 0.2) is 0 Å². The molecule has 3 aromatic rings. The summed E-state index contributed by atoms with van der Waals surface area (Å²) in [7, 11) is 1.57. The van der Waals surface area contributed by atoms with Gasteiger partial charge in [-0.2, -0.15) is 10.2 Å². The molecule has 1 atom stereocenters. The Balaban J connectivity index is 1.61. The standard InChI is InChI=1S/C16H17ClN4O3/c1-20-16(23)15-12(6-18-20)7-19-21(15)8-14(22)10-24-9-11-2-4-13(17)5-3-11/h2-7,14,22H,8-10H2,1H3. The number of fused-ring (bicyclic) bond motifs is 1. The smallest absolute Gasteiger partial charge is 0.292 e. The highest BCUT2D eigenvalue weighted by Gasteiger charge is 2.13. The van der Waals surface area contributed by atoms with Crippen molar-refractivity contribution in [1.82, 2.24) is 19.6 Å². The molecular weight excluding hydrogens is 332 g/mol. The minimum atomic E-state index is -0.779. The SMILES string of the molecule is Cn1ncc2cnn(CC(O)COCc3ccc(Cl)cc3)c2c1=O. The molecule has 1 N–H and O–H groups in total. The normalized spacial score (nSPS) is 12.6. The molecule has 8 heteroatoms. The second kappa shape index (κ2) is 7.12. The maximum atomic E-state index is 12.1. The third kappa shape index (κ3) is 3.64. The topological polar surface area (TPSA) is 82.2 Å². The van der Waals surface area contributed by atoms with Crippen molar-refractivity contribution in [2.45, 2.75) is 19.3 Å². The van der Waals surface area contributed by atoms with Crippen molar-refractivity contribution >= 4 is 22.5 Å². The van der Waals surface area contributed by atoms with Crippen LogP contribution in [0.25, 0.3) is 10.9 Å². The number of halogens is 1. The summed E-state index contributed by atoms with van der Waals surface area (Å²) >= 11 is 5.83. The lowest BCUT2D eigenvalue weighted by molar-refractivity contribution is 0.0193. The zero-order valence-corrected chi connectivity index (χ0v) is 13.8. The molecule has 3 rings (SSSR count). The summed E-state index contributed by atoms with van der Waals surface area (Å²) in [5.74, 6) is 0. The number of aromatic nitrogens is 4. The summed E-state index contributed by atoms with van der Waals surface area (Å²) < 4.78 is 8.23. The molecule has 2 heterocycles. The number of hydrogen-bond donors (Lipinski definition) is 1. The van der Waals surface area contributed by atoms with Gasteiger partial charge in [-0.3, -0.25) is 9.48 Å². The van der Waals surface area contributed by atoms with E-state index in [9.17, 15) is 9.90 Å². The van der Waals surface area contributed by atoms with Crippen LogP contribution in [0, 0.1) is 0 Å². The average Bonchev–Trinajstić information content (AvgIpc) is 2.96. The van der Waals surface area contributed by atoms with Crippen molar-refractivity contribution in [1.29, 1.82) is 0 Å². The molecule has 1 aromatic carbocycles. The summed E-state index contributed by atoms with van der Waals surface area (Å²) in [5.41, 5.74) is 1.14. The Bertz CT molecular complexity index is 888. The molecule has 0 aliphatic heterocycles. The van der Waals surface area contributed by atoms with Crippen LogP contribution in [-0.2, 0) is 24.9 Å². The number of nitrogens with zero attached hydrogens (tertiary/aromatic N) is 4. The van der Waals surface area contributed by atoms with Crippen LogP contribution < -0.4 is 5.56 Å². The Labute approximate surface area is 143 Å². The zero-order valence-electron chi connectivity index (χ0n) is 13.1. The van der Waals surface area contributed by atoms with E-state index in [2.05, 4.69) is 10.2 Å². The number of rotatable bonds is 6. The van der Waals surface area contributed by atoms with Crippen molar-refractivity contribution in [3.05, 3.63) is 57.6 Å². The Morgan fingerprint density at radius 2 is 1.96 bits per heavy atom. The minimum absolute atomic E-state index is 0.134. The van der Waals surface area contributed by atoms with E-state index >= 15 is 0 Å².